The number of benzene rings is 1. The lowest BCUT2D eigenvalue weighted by Crippen LogP contribution is -2.33. The number of halogens is 1. The highest BCUT2D eigenvalue weighted by atomic mass is 35.5. The summed E-state index contributed by atoms with van der Waals surface area (Å²) in [6.45, 7) is -0.136. The maximum Gasteiger partial charge on any atom is 0.211 e. The van der Waals surface area contributed by atoms with Crippen LogP contribution < -0.4 is 0 Å². The maximum absolute atomic E-state index is 10.9. The first-order valence-electron chi connectivity index (χ1n) is 6.63. The minimum Gasteiger partial charge on any atom is -0.393 e. The summed E-state index contributed by atoms with van der Waals surface area (Å²) < 4.78 is 0. The molecular formula is C14H18ClNO3. The predicted octanol–water partition coefficient (Wildman–Crippen LogP) is 3.25. The van der Waals surface area contributed by atoms with Crippen molar-refractivity contribution in [2.24, 2.45) is 5.92 Å². The van der Waals surface area contributed by atoms with Crippen LogP contribution in [0.1, 0.15) is 37.2 Å². The number of hydrogen-bond donors (Lipinski definition) is 1. The molecule has 1 N–H and O–H groups in total. The summed E-state index contributed by atoms with van der Waals surface area (Å²) in [6.07, 6.45) is 3.19. The molecule has 0 aromatic heterocycles. The molecule has 5 heteroatoms. The largest absolute Gasteiger partial charge is 0.393 e. The fourth-order valence-corrected chi connectivity index (χ4v) is 3.09. The van der Waals surface area contributed by atoms with Crippen LogP contribution in [0, 0.1) is 16.0 Å². The second kappa shape index (κ2) is 6.35. The number of rotatable bonds is 4. The fraction of sp³-hybridized carbons (Fsp3) is 0.571. The van der Waals surface area contributed by atoms with Gasteiger partial charge in [0.2, 0.25) is 6.54 Å². The highest BCUT2D eigenvalue weighted by Gasteiger charge is 2.34. The van der Waals surface area contributed by atoms with Gasteiger partial charge in [-0.05, 0) is 36.5 Å². The lowest BCUT2D eigenvalue weighted by Gasteiger charge is -2.32. The van der Waals surface area contributed by atoms with Crippen LogP contribution in [-0.4, -0.2) is 22.7 Å². The summed E-state index contributed by atoms with van der Waals surface area (Å²) in [4.78, 5) is 10.6. The van der Waals surface area contributed by atoms with Crippen molar-refractivity contribution >= 4 is 11.6 Å². The van der Waals surface area contributed by atoms with Gasteiger partial charge < -0.3 is 5.11 Å². The summed E-state index contributed by atoms with van der Waals surface area (Å²) in [5.41, 5.74) is 0.895. The van der Waals surface area contributed by atoms with Gasteiger partial charge in [0.25, 0.3) is 0 Å². The Morgan fingerprint density at radius 1 is 1.32 bits per heavy atom. The van der Waals surface area contributed by atoms with Crippen molar-refractivity contribution in [2.45, 2.75) is 37.7 Å². The summed E-state index contributed by atoms with van der Waals surface area (Å²) in [7, 11) is 0. The van der Waals surface area contributed by atoms with Crippen LogP contribution in [0.4, 0.5) is 0 Å². The van der Waals surface area contributed by atoms with Gasteiger partial charge >= 0.3 is 0 Å². The number of aliphatic hydroxyl groups excluding tert-OH is 1. The van der Waals surface area contributed by atoms with Crippen molar-refractivity contribution in [1.29, 1.82) is 0 Å². The Balaban J connectivity index is 2.24. The molecule has 0 amide bonds. The summed E-state index contributed by atoms with van der Waals surface area (Å²) >= 11 is 5.85. The third kappa shape index (κ3) is 3.67. The van der Waals surface area contributed by atoms with Crippen LogP contribution in [-0.2, 0) is 0 Å². The Kier molecular flexibility index (Phi) is 4.77. The van der Waals surface area contributed by atoms with Gasteiger partial charge in [0.05, 0.1) is 12.0 Å². The van der Waals surface area contributed by atoms with E-state index in [1.807, 2.05) is 12.1 Å². The summed E-state index contributed by atoms with van der Waals surface area (Å²) in [5.74, 6) is -0.261. The Hall–Kier alpha value is -1.13. The molecule has 2 rings (SSSR count). The molecule has 1 aromatic carbocycles. The normalized spacial score (nSPS) is 24.9. The van der Waals surface area contributed by atoms with Crippen LogP contribution in [0.25, 0.3) is 0 Å². The monoisotopic (exact) mass is 283 g/mol. The van der Waals surface area contributed by atoms with E-state index in [4.69, 9.17) is 11.6 Å². The zero-order valence-corrected chi connectivity index (χ0v) is 11.4. The second-order valence-corrected chi connectivity index (χ2v) is 5.63. The average molecular weight is 284 g/mol. The summed E-state index contributed by atoms with van der Waals surface area (Å²) in [6, 6.07) is 7.16. The molecule has 0 radical (unpaired) electrons. The van der Waals surface area contributed by atoms with Gasteiger partial charge in [-0.3, -0.25) is 10.1 Å². The Morgan fingerprint density at radius 2 is 1.95 bits per heavy atom. The van der Waals surface area contributed by atoms with Gasteiger partial charge in [-0.25, -0.2) is 0 Å². The average Bonchev–Trinajstić information content (AvgIpc) is 2.38. The first-order chi connectivity index (χ1) is 9.08. The van der Waals surface area contributed by atoms with Gasteiger partial charge in [0, 0.05) is 9.95 Å². The molecule has 0 heterocycles. The Labute approximate surface area is 117 Å². The molecule has 0 bridgehead atoms. The van der Waals surface area contributed by atoms with E-state index in [0.717, 1.165) is 31.2 Å². The molecule has 1 aliphatic carbocycles. The quantitative estimate of drug-likeness (QED) is 0.681. The molecule has 1 aromatic rings. The van der Waals surface area contributed by atoms with E-state index < -0.39 is 6.10 Å². The molecule has 0 aliphatic heterocycles. The zero-order valence-electron chi connectivity index (χ0n) is 10.7. The molecular weight excluding hydrogens is 266 g/mol. The van der Waals surface area contributed by atoms with Crippen molar-refractivity contribution in [1.82, 2.24) is 0 Å². The van der Waals surface area contributed by atoms with Crippen molar-refractivity contribution in [3.63, 3.8) is 0 Å². The second-order valence-electron chi connectivity index (χ2n) is 5.19. The van der Waals surface area contributed by atoms with Crippen LogP contribution >= 0.6 is 11.6 Å². The van der Waals surface area contributed by atoms with E-state index in [2.05, 4.69) is 0 Å². The standard InChI is InChI=1S/C14H18ClNO3/c15-11-7-5-10(6-8-11)13(9-16(18)19)12-3-1-2-4-14(12)17/h5-8,12-14,17H,1-4,9H2/t12-,13-,14-/m0/s1. The number of nitro groups is 1. The van der Waals surface area contributed by atoms with Crippen molar-refractivity contribution < 1.29 is 10.0 Å². The fourth-order valence-electron chi connectivity index (χ4n) is 2.97. The van der Waals surface area contributed by atoms with Crippen LogP contribution in [0.3, 0.4) is 0 Å². The number of aliphatic hydroxyl groups is 1. The molecule has 3 atom stereocenters. The molecule has 104 valence electrons. The minimum absolute atomic E-state index is 0.0275. The third-order valence-corrected chi connectivity index (χ3v) is 4.19. The van der Waals surface area contributed by atoms with E-state index in [0.29, 0.717) is 5.02 Å². The smallest absolute Gasteiger partial charge is 0.211 e. The minimum atomic E-state index is -0.436. The van der Waals surface area contributed by atoms with E-state index in [9.17, 15) is 15.2 Å². The topological polar surface area (TPSA) is 63.4 Å². The van der Waals surface area contributed by atoms with Gasteiger partial charge in [0.15, 0.2) is 0 Å². The molecule has 1 fully saturated rings. The molecule has 19 heavy (non-hydrogen) atoms. The Bertz CT molecular complexity index is 435. The van der Waals surface area contributed by atoms with Crippen LogP contribution in [0.15, 0.2) is 24.3 Å². The van der Waals surface area contributed by atoms with Crippen molar-refractivity contribution in [2.75, 3.05) is 6.54 Å². The number of hydrogen-bond acceptors (Lipinski definition) is 3. The van der Waals surface area contributed by atoms with Gasteiger partial charge in [0.1, 0.15) is 0 Å². The third-order valence-electron chi connectivity index (χ3n) is 3.94. The zero-order chi connectivity index (χ0) is 13.8. The van der Waals surface area contributed by atoms with E-state index in [1.54, 1.807) is 12.1 Å². The van der Waals surface area contributed by atoms with Crippen LogP contribution in [0.2, 0.25) is 5.02 Å². The molecule has 0 saturated heterocycles. The van der Waals surface area contributed by atoms with Crippen molar-refractivity contribution in [3.05, 3.63) is 45.0 Å². The molecule has 0 spiro atoms. The van der Waals surface area contributed by atoms with Gasteiger partial charge in [-0.15, -0.1) is 0 Å². The first-order valence-corrected chi connectivity index (χ1v) is 7.01. The number of nitrogens with zero attached hydrogens (tertiary/aromatic N) is 1. The first kappa shape index (κ1) is 14.3. The predicted molar refractivity (Wildman–Crippen MR) is 74.0 cm³/mol. The Morgan fingerprint density at radius 3 is 2.53 bits per heavy atom. The lowest BCUT2D eigenvalue weighted by atomic mass is 9.75. The van der Waals surface area contributed by atoms with E-state index >= 15 is 0 Å². The van der Waals surface area contributed by atoms with Gasteiger partial charge in [-0.2, -0.15) is 0 Å². The highest BCUT2D eigenvalue weighted by molar-refractivity contribution is 6.30. The SMILES string of the molecule is O=[N+]([O-])C[C@@H](c1ccc(Cl)cc1)[C@@H]1CCCC[C@@H]1O. The molecule has 0 unspecified atom stereocenters. The summed E-state index contributed by atoms with van der Waals surface area (Å²) in [5, 5.41) is 21.6. The molecule has 1 aliphatic rings. The van der Waals surface area contributed by atoms with E-state index in [1.165, 1.54) is 0 Å². The highest BCUT2D eigenvalue weighted by Crippen LogP contribution is 2.36. The van der Waals surface area contributed by atoms with Gasteiger partial charge in [-0.1, -0.05) is 36.6 Å². The molecule has 4 nitrogen and oxygen atoms in total. The van der Waals surface area contributed by atoms with Crippen LogP contribution in [0.5, 0.6) is 0 Å². The lowest BCUT2D eigenvalue weighted by molar-refractivity contribution is -0.485. The maximum atomic E-state index is 10.9. The van der Waals surface area contributed by atoms with Crippen molar-refractivity contribution in [3.8, 4) is 0 Å². The molecule has 1 saturated carbocycles. The van der Waals surface area contributed by atoms with E-state index in [-0.39, 0.29) is 23.3 Å².